The minimum atomic E-state index is -1.40. The molecule has 0 bridgehead atoms. The molecule has 0 aliphatic rings. The van der Waals surface area contributed by atoms with E-state index in [1.54, 1.807) is 7.05 Å². The molecule has 9 heteroatoms. The Bertz CT molecular complexity index is 842. The Balaban J connectivity index is 2.06. The minimum Gasteiger partial charge on any atom is -0.394 e. The van der Waals surface area contributed by atoms with E-state index in [4.69, 9.17) is 10.8 Å². The largest absolute Gasteiger partial charge is 0.394 e. The monoisotopic (exact) mass is 345 g/mol. The second-order valence-corrected chi connectivity index (χ2v) is 5.77. The number of carbonyl (C=O) groups is 2. The first-order valence-electron chi connectivity index (χ1n) is 7.39. The van der Waals surface area contributed by atoms with E-state index in [1.807, 2.05) is 0 Å². The summed E-state index contributed by atoms with van der Waals surface area (Å²) in [5, 5.41) is 14.1. The zero-order chi connectivity index (χ0) is 18.6. The first-order valence-corrected chi connectivity index (χ1v) is 7.39. The molecule has 2 rings (SSSR count). The number of amides is 2. The average Bonchev–Trinajstić information content (AvgIpc) is 2.58. The maximum Gasteiger partial charge on any atom is 0.349 e. The molecule has 2 amide bonds. The zero-order valence-corrected chi connectivity index (χ0v) is 13.8. The molecule has 0 aliphatic carbocycles. The van der Waals surface area contributed by atoms with Crippen molar-refractivity contribution in [1.82, 2.24) is 9.55 Å². The molecule has 0 fully saturated rings. The van der Waals surface area contributed by atoms with Crippen LogP contribution >= 0.6 is 0 Å². The lowest BCUT2D eigenvalue weighted by atomic mass is 10.0. The van der Waals surface area contributed by atoms with Crippen molar-refractivity contribution in [2.75, 3.05) is 17.2 Å². The second-order valence-electron chi connectivity index (χ2n) is 5.77. The number of nitrogens with zero attached hydrogens (tertiary/aromatic N) is 2. The lowest BCUT2D eigenvalue weighted by molar-refractivity contribution is -0.121. The van der Waals surface area contributed by atoms with Gasteiger partial charge in [-0.2, -0.15) is 4.98 Å². The predicted molar refractivity (Wildman–Crippen MR) is 92.2 cm³/mol. The van der Waals surface area contributed by atoms with Crippen molar-refractivity contribution < 1.29 is 14.7 Å². The lowest BCUT2D eigenvalue weighted by Crippen LogP contribution is -2.51. The van der Waals surface area contributed by atoms with E-state index < -0.39 is 29.6 Å². The summed E-state index contributed by atoms with van der Waals surface area (Å²) in [6.07, 6.45) is 1.49. The maximum atomic E-state index is 12.1. The molecule has 1 aromatic carbocycles. The molecule has 0 saturated carbocycles. The first kappa shape index (κ1) is 18.3. The van der Waals surface area contributed by atoms with Crippen LogP contribution in [0.25, 0.3) is 0 Å². The highest BCUT2D eigenvalue weighted by molar-refractivity contribution is 6.04. The second kappa shape index (κ2) is 7.24. The topological polar surface area (TPSA) is 139 Å². The van der Waals surface area contributed by atoms with Crippen molar-refractivity contribution in [2.24, 2.45) is 12.8 Å². The van der Waals surface area contributed by atoms with Gasteiger partial charge in [-0.3, -0.25) is 9.59 Å². The summed E-state index contributed by atoms with van der Waals surface area (Å²) < 4.78 is 1.28. The number of rotatable bonds is 5. The van der Waals surface area contributed by atoms with Crippen LogP contribution < -0.4 is 22.1 Å². The standard InChI is InChI=1S/C16H19N5O4/c1-16(17,9-22)14(24)18-11-5-3-10(4-6-11)13(23)19-12-7-8-21(2)15(25)20-12/h3-8,22H,9,17H2,1-2H3,(H,18,24)(H,19,20,23,25). The van der Waals surface area contributed by atoms with Gasteiger partial charge in [0.25, 0.3) is 5.91 Å². The fourth-order valence-corrected chi connectivity index (χ4v) is 1.77. The number of hydrogen-bond acceptors (Lipinski definition) is 6. The number of nitrogens with one attached hydrogen (secondary N) is 2. The average molecular weight is 345 g/mol. The Morgan fingerprint density at radius 3 is 2.44 bits per heavy atom. The third kappa shape index (κ3) is 4.49. The number of aliphatic hydroxyl groups excluding tert-OH is 1. The molecule has 1 heterocycles. The Labute approximate surface area is 143 Å². The normalized spacial score (nSPS) is 13.0. The van der Waals surface area contributed by atoms with Crippen molar-refractivity contribution in [3.63, 3.8) is 0 Å². The van der Waals surface area contributed by atoms with Crippen molar-refractivity contribution in [2.45, 2.75) is 12.5 Å². The summed E-state index contributed by atoms with van der Waals surface area (Å²) in [4.78, 5) is 39.2. The quantitative estimate of drug-likeness (QED) is 0.586. The van der Waals surface area contributed by atoms with E-state index in [0.29, 0.717) is 11.3 Å². The van der Waals surface area contributed by atoms with Crippen LogP contribution in [0.15, 0.2) is 41.3 Å². The number of benzene rings is 1. The summed E-state index contributed by atoms with van der Waals surface area (Å²) in [6.45, 7) is 0.907. The molecule has 0 spiro atoms. The van der Waals surface area contributed by atoms with Gasteiger partial charge in [0.05, 0.1) is 6.61 Å². The molecule has 25 heavy (non-hydrogen) atoms. The van der Waals surface area contributed by atoms with Crippen molar-refractivity contribution in [3.8, 4) is 0 Å². The van der Waals surface area contributed by atoms with Crippen molar-refractivity contribution in [1.29, 1.82) is 0 Å². The van der Waals surface area contributed by atoms with Gasteiger partial charge in [0, 0.05) is 24.5 Å². The number of hydrogen-bond donors (Lipinski definition) is 4. The van der Waals surface area contributed by atoms with E-state index in [-0.39, 0.29) is 5.82 Å². The molecular formula is C16H19N5O4. The molecule has 0 aliphatic heterocycles. The van der Waals surface area contributed by atoms with Gasteiger partial charge in [-0.15, -0.1) is 0 Å². The van der Waals surface area contributed by atoms with Gasteiger partial charge in [0.2, 0.25) is 5.91 Å². The van der Waals surface area contributed by atoms with E-state index in [0.717, 1.165) is 0 Å². The van der Waals surface area contributed by atoms with Gasteiger partial charge in [0.15, 0.2) is 0 Å². The number of aliphatic hydroxyl groups is 1. The molecule has 1 unspecified atom stereocenters. The number of aromatic nitrogens is 2. The van der Waals surface area contributed by atoms with E-state index in [9.17, 15) is 14.4 Å². The lowest BCUT2D eigenvalue weighted by Gasteiger charge is -2.20. The van der Waals surface area contributed by atoms with Crippen LogP contribution in [0.3, 0.4) is 0 Å². The highest BCUT2D eigenvalue weighted by Crippen LogP contribution is 2.13. The smallest absolute Gasteiger partial charge is 0.349 e. The van der Waals surface area contributed by atoms with Crippen LogP contribution in [-0.4, -0.2) is 38.6 Å². The highest BCUT2D eigenvalue weighted by Gasteiger charge is 2.27. The number of carbonyl (C=O) groups excluding carboxylic acids is 2. The van der Waals surface area contributed by atoms with Crippen LogP contribution in [-0.2, 0) is 11.8 Å². The predicted octanol–water partition coefficient (Wildman–Crippen LogP) is -0.319. The van der Waals surface area contributed by atoms with Crippen LogP contribution in [0.2, 0.25) is 0 Å². The summed E-state index contributed by atoms with van der Waals surface area (Å²) in [6, 6.07) is 7.55. The first-order chi connectivity index (χ1) is 11.7. The molecule has 0 radical (unpaired) electrons. The van der Waals surface area contributed by atoms with Gasteiger partial charge in [-0.25, -0.2) is 4.79 Å². The summed E-state index contributed by atoms with van der Waals surface area (Å²) in [5.74, 6) is -0.846. The van der Waals surface area contributed by atoms with Gasteiger partial charge in [-0.1, -0.05) is 0 Å². The number of aryl methyl sites for hydroxylation is 1. The van der Waals surface area contributed by atoms with E-state index >= 15 is 0 Å². The van der Waals surface area contributed by atoms with Gasteiger partial charge < -0.3 is 26.0 Å². The Hall–Kier alpha value is -3.04. The molecule has 1 aromatic heterocycles. The van der Waals surface area contributed by atoms with Crippen LogP contribution in [0.1, 0.15) is 17.3 Å². The van der Waals surface area contributed by atoms with Crippen molar-refractivity contribution >= 4 is 23.3 Å². The molecule has 1 atom stereocenters. The summed E-state index contributed by atoms with van der Waals surface area (Å²) in [7, 11) is 1.55. The molecule has 9 nitrogen and oxygen atoms in total. The summed E-state index contributed by atoms with van der Waals surface area (Å²) >= 11 is 0. The molecular weight excluding hydrogens is 326 g/mol. The van der Waals surface area contributed by atoms with Crippen LogP contribution in [0, 0.1) is 0 Å². The van der Waals surface area contributed by atoms with Gasteiger partial charge in [0.1, 0.15) is 11.4 Å². The zero-order valence-electron chi connectivity index (χ0n) is 13.8. The molecule has 0 saturated heterocycles. The number of anilines is 2. The molecule has 2 aromatic rings. The third-order valence-corrected chi connectivity index (χ3v) is 3.47. The summed E-state index contributed by atoms with van der Waals surface area (Å²) in [5.41, 5.74) is 4.50. The minimum absolute atomic E-state index is 0.146. The van der Waals surface area contributed by atoms with E-state index in [1.165, 1.54) is 48.0 Å². The van der Waals surface area contributed by atoms with E-state index in [2.05, 4.69) is 15.6 Å². The molecule has 132 valence electrons. The number of nitrogens with two attached hydrogens (primary N) is 1. The van der Waals surface area contributed by atoms with Gasteiger partial charge >= 0.3 is 5.69 Å². The maximum absolute atomic E-state index is 12.1. The third-order valence-electron chi connectivity index (χ3n) is 3.47. The van der Waals surface area contributed by atoms with Crippen LogP contribution in [0.4, 0.5) is 11.5 Å². The fraction of sp³-hybridized carbons (Fsp3) is 0.250. The van der Waals surface area contributed by atoms with Gasteiger partial charge in [-0.05, 0) is 37.3 Å². The van der Waals surface area contributed by atoms with Crippen LogP contribution in [0.5, 0.6) is 0 Å². The Kier molecular flexibility index (Phi) is 5.30. The fourth-order valence-electron chi connectivity index (χ4n) is 1.77. The Morgan fingerprint density at radius 1 is 1.24 bits per heavy atom. The molecule has 5 N–H and O–H groups in total. The SMILES string of the molecule is Cn1ccc(NC(=O)c2ccc(NC(=O)C(C)(N)CO)cc2)nc1=O. The Morgan fingerprint density at radius 2 is 1.88 bits per heavy atom. The van der Waals surface area contributed by atoms with Crippen molar-refractivity contribution in [3.05, 3.63) is 52.6 Å². The highest BCUT2D eigenvalue weighted by atomic mass is 16.3.